The fourth-order valence-electron chi connectivity index (χ4n) is 2.53. The van der Waals surface area contributed by atoms with Gasteiger partial charge in [-0.1, -0.05) is 13.8 Å². The zero-order valence-electron chi connectivity index (χ0n) is 13.1. The van der Waals surface area contributed by atoms with Crippen LogP contribution in [-0.4, -0.2) is 55.6 Å². The van der Waals surface area contributed by atoms with Crippen molar-refractivity contribution in [2.75, 3.05) is 20.7 Å². The van der Waals surface area contributed by atoms with Crippen LogP contribution in [0.4, 0.5) is 4.79 Å². The molecule has 0 aliphatic carbocycles. The van der Waals surface area contributed by atoms with Crippen LogP contribution in [0.15, 0.2) is 0 Å². The number of likely N-dealkylation sites (tertiary alicyclic amines) is 1. The fourth-order valence-corrected chi connectivity index (χ4v) is 2.53. The average molecular weight is 299 g/mol. The highest BCUT2D eigenvalue weighted by Gasteiger charge is 2.36. The largest absolute Gasteiger partial charge is 0.453 e. The Morgan fingerprint density at radius 2 is 2.00 bits per heavy atom. The Balaban J connectivity index is 2.77. The van der Waals surface area contributed by atoms with Crippen LogP contribution in [0.3, 0.4) is 0 Å². The van der Waals surface area contributed by atoms with Crippen molar-refractivity contribution in [3.63, 3.8) is 0 Å². The topological polar surface area (TPSA) is 87.7 Å². The van der Waals surface area contributed by atoms with E-state index in [4.69, 9.17) is 0 Å². The van der Waals surface area contributed by atoms with Gasteiger partial charge in [-0.2, -0.15) is 0 Å². The number of hydrogen-bond donors (Lipinski definition) is 2. The maximum absolute atomic E-state index is 12.6. The van der Waals surface area contributed by atoms with Crippen LogP contribution in [0.5, 0.6) is 0 Å². The van der Waals surface area contributed by atoms with Gasteiger partial charge in [-0.15, -0.1) is 0 Å². The third kappa shape index (κ3) is 4.61. The molecule has 3 amide bonds. The first-order valence-corrected chi connectivity index (χ1v) is 7.26. The molecule has 7 nitrogen and oxygen atoms in total. The lowest BCUT2D eigenvalue weighted by Gasteiger charge is -2.30. The molecule has 1 heterocycles. The molecule has 0 saturated carbocycles. The van der Waals surface area contributed by atoms with Gasteiger partial charge in [0.25, 0.3) is 0 Å². The van der Waals surface area contributed by atoms with E-state index in [9.17, 15) is 14.4 Å². The lowest BCUT2D eigenvalue weighted by molar-refractivity contribution is -0.136. The van der Waals surface area contributed by atoms with Crippen LogP contribution < -0.4 is 10.6 Å². The summed E-state index contributed by atoms with van der Waals surface area (Å²) in [5.41, 5.74) is 0. The fraction of sp³-hybridized carbons (Fsp3) is 0.786. The molecule has 1 aliphatic rings. The second-order valence-electron chi connectivity index (χ2n) is 5.56. The smallest absolute Gasteiger partial charge is 0.407 e. The number of amides is 3. The summed E-state index contributed by atoms with van der Waals surface area (Å²) < 4.78 is 4.57. The van der Waals surface area contributed by atoms with Crippen molar-refractivity contribution in [1.82, 2.24) is 15.5 Å². The minimum absolute atomic E-state index is 0.0575. The number of carbonyl (C=O) groups excluding carboxylic acids is 3. The molecule has 0 aromatic heterocycles. The van der Waals surface area contributed by atoms with Crippen molar-refractivity contribution >= 4 is 17.9 Å². The van der Waals surface area contributed by atoms with Crippen molar-refractivity contribution in [2.45, 2.75) is 45.2 Å². The van der Waals surface area contributed by atoms with Crippen LogP contribution in [0.25, 0.3) is 0 Å². The molecule has 7 heteroatoms. The van der Waals surface area contributed by atoms with Crippen LogP contribution in [0.2, 0.25) is 0 Å². The Kier molecular flexibility index (Phi) is 6.45. The molecule has 0 unspecified atom stereocenters. The summed E-state index contributed by atoms with van der Waals surface area (Å²) in [4.78, 5) is 37.3. The van der Waals surface area contributed by atoms with E-state index >= 15 is 0 Å². The van der Waals surface area contributed by atoms with E-state index in [1.165, 1.54) is 7.11 Å². The molecule has 0 aromatic carbocycles. The highest BCUT2D eigenvalue weighted by Crippen LogP contribution is 2.22. The Morgan fingerprint density at radius 3 is 2.52 bits per heavy atom. The van der Waals surface area contributed by atoms with E-state index in [-0.39, 0.29) is 23.8 Å². The van der Waals surface area contributed by atoms with Gasteiger partial charge in [0.1, 0.15) is 6.04 Å². The monoisotopic (exact) mass is 299 g/mol. The van der Waals surface area contributed by atoms with Crippen LogP contribution >= 0.6 is 0 Å². The van der Waals surface area contributed by atoms with Crippen molar-refractivity contribution in [2.24, 2.45) is 5.92 Å². The maximum Gasteiger partial charge on any atom is 0.407 e. The van der Waals surface area contributed by atoms with Gasteiger partial charge >= 0.3 is 6.09 Å². The number of alkyl carbamates (subject to hydrolysis) is 1. The Labute approximate surface area is 125 Å². The first-order chi connectivity index (χ1) is 9.90. The van der Waals surface area contributed by atoms with E-state index in [2.05, 4.69) is 15.4 Å². The van der Waals surface area contributed by atoms with Crippen molar-refractivity contribution in [3.8, 4) is 0 Å². The zero-order chi connectivity index (χ0) is 16.0. The second kappa shape index (κ2) is 7.85. The van der Waals surface area contributed by atoms with E-state index in [1.54, 1.807) is 11.9 Å². The molecule has 1 saturated heterocycles. The summed E-state index contributed by atoms with van der Waals surface area (Å²) in [6, 6.07) is -0.735. The zero-order valence-corrected chi connectivity index (χ0v) is 13.1. The number of hydrogen-bond acceptors (Lipinski definition) is 4. The molecule has 21 heavy (non-hydrogen) atoms. The average Bonchev–Trinajstić information content (AvgIpc) is 2.91. The summed E-state index contributed by atoms with van der Waals surface area (Å²) in [6.07, 6.45) is 1.35. The number of rotatable bonds is 5. The lowest BCUT2D eigenvalue weighted by Crippen LogP contribution is -2.52. The quantitative estimate of drug-likeness (QED) is 0.773. The van der Waals surface area contributed by atoms with Crippen LogP contribution in [0.1, 0.15) is 33.1 Å². The van der Waals surface area contributed by atoms with Gasteiger partial charge in [0.15, 0.2) is 0 Å². The van der Waals surface area contributed by atoms with Gasteiger partial charge < -0.3 is 20.3 Å². The van der Waals surface area contributed by atoms with Crippen molar-refractivity contribution < 1.29 is 19.1 Å². The first kappa shape index (κ1) is 17.3. The summed E-state index contributed by atoms with van der Waals surface area (Å²) >= 11 is 0. The summed E-state index contributed by atoms with van der Waals surface area (Å²) in [6.45, 7) is 4.34. The number of methoxy groups -OCH3 is 1. The molecule has 2 atom stereocenters. The Hall–Kier alpha value is -1.79. The van der Waals surface area contributed by atoms with E-state index in [0.29, 0.717) is 13.0 Å². The van der Waals surface area contributed by atoms with Gasteiger partial charge in [0.2, 0.25) is 11.8 Å². The minimum atomic E-state index is -0.636. The Morgan fingerprint density at radius 1 is 1.33 bits per heavy atom. The first-order valence-electron chi connectivity index (χ1n) is 7.26. The van der Waals surface area contributed by atoms with Gasteiger partial charge in [0, 0.05) is 26.1 Å². The third-order valence-electron chi connectivity index (χ3n) is 3.75. The normalized spacial score (nSPS) is 19.3. The molecule has 1 fully saturated rings. The predicted molar refractivity (Wildman–Crippen MR) is 77.6 cm³/mol. The molecule has 1 rings (SSSR count). The van der Waals surface area contributed by atoms with Crippen molar-refractivity contribution in [3.05, 3.63) is 0 Å². The summed E-state index contributed by atoms with van der Waals surface area (Å²) in [5.74, 6) is -0.290. The molecule has 0 spiro atoms. The van der Waals surface area contributed by atoms with Crippen molar-refractivity contribution in [1.29, 1.82) is 0 Å². The number of ether oxygens (including phenoxy) is 1. The number of nitrogens with zero attached hydrogens (tertiary/aromatic N) is 1. The van der Waals surface area contributed by atoms with E-state index < -0.39 is 12.1 Å². The SMILES string of the molecule is CNC(=O)C[C@@H]1CCCN1C(=O)[C@@H](NC(=O)OC)C(C)C. The standard InChI is InChI=1S/C14H25N3O4/c1-9(2)12(16-14(20)21-4)13(19)17-7-5-6-10(17)8-11(18)15-3/h9-10,12H,5-8H2,1-4H3,(H,15,18)(H,16,20)/t10-,12-/m0/s1. The van der Waals surface area contributed by atoms with Gasteiger partial charge in [-0.05, 0) is 18.8 Å². The van der Waals surface area contributed by atoms with Gasteiger partial charge in [0.05, 0.1) is 7.11 Å². The van der Waals surface area contributed by atoms with Crippen LogP contribution in [-0.2, 0) is 14.3 Å². The maximum atomic E-state index is 12.6. The predicted octanol–water partition coefficient (Wildman–Crippen LogP) is 0.494. The number of carbonyl (C=O) groups is 3. The summed E-state index contributed by atoms with van der Waals surface area (Å²) in [5, 5.41) is 5.16. The van der Waals surface area contributed by atoms with E-state index in [0.717, 1.165) is 12.8 Å². The highest BCUT2D eigenvalue weighted by molar-refractivity contribution is 5.87. The molecule has 2 N–H and O–H groups in total. The van der Waals surface area contributed by atoms with E-state index in [1.807, 2.05) is 13.8 Å². The third-order valence-corrected chi connectivity index (χ3v) is 3.75. The molecular weight excluding hydrogens is 274 g/mol. The molecule has 0 bridgehead atoms. The van der Waals surface area contributed by atoms with Crippen LogP contribution in [0, 0.1) is 5.92 Å². The second-order valence-corrected chi connectivity index (χ2v) is 5.56. The minimum Gasteiger partial charge on any atom is -0.453 e. The summed E-state index contributed by atoms with van der Waals surface area (Å²) in [7, 11) is 2.85. The number of nitrogens with one attached hydrogen (secondary N) is 2. The lowest BCUT2D eigenvalue weighted by atomic mass is 10.0. The molecule has 1 aliphatic heterocycles. The molecular formula is C14H25N3O4. The molecule has 0 radical (unpaired) electrons. The molecule has 0 aromatic rings. The molecule has 120 valence electrons. The van der Waals surface area contributed by atoms with Gasteiger partial charge in [-0.3, -0.25) is 9.59 Å². The van der Waals surface area contributed by atoms with Gasteiger partial charge in [-0.25, -0.2) is 4.79 Å². The Bertz CT molecular complexity index is 398. The highest BCUT2D eigenvalue weighted by atomic mass is 16.5.